The normalized spacial score (nSPS) is 11.9. The Bertz CT molecular complexity index is 741. The summed E-state index contributed by atoms with van der Waals surface area (Å²) in [6, 6.07) is 5.53. The summed E-state index contributed by atoms with van der Waals surface area (Å²) in [6.45, 7) is 6.16. The van der Waals surface area contributed by atoms with E-state index in [-0.39, 0.29) is 5.41 Å². The van der Waals surface area contributed by atoms with E-state index in [1.165, 1.54) is 0 Å². The Morgan fingerprint density at radius 2 is 2.00 bits per heavy atom. The van der Waals surface area contributed by atoms with Crippen molar-refractivity contribution in [2.24, 2.45) is 5.10 Å². The van der Waals surface area contributed by atoms with Gasteiger partial charge in [-0.05, 0) is 24.4 Å². The molecule has 0 fully saturated rings. The highest BCUT2D eigenvalue weighted by molar-refractivity contribution is 7.71. The number of nitrogens with one attached hydrogen (secondary N) is 1. The number of aromatic nitrogens is 3. The van der Waals surface area contributed by atoms with Crippen molar-refractivity contribution in [1.82, 2.24) is 14.9 Å². The molecule has 2 rings (SSSR count). The molecule has 0 saturated carbocycles. The standard InChI is InChI=1S/C15H20N4O2S/c1-15(2,3)13-17-18-14(22)19(13)16-9-10-6-7-11(20-4)8-12(10)21-5/h6-9H,1-5H3,(H,18,22)/b16-9-. The van der Waals surface area contributed by atoms with Crippen LogP contribution in [0.1, 0.15) is 32.2 Å². The van der Waals surface area contributed by atoms with Crippen LogP contribution >= 0.6 is 12.2 Å². The number of ether oxygens (including phenoxy) is 2. The minimum Gasteiger partial charge on any atom is -0.497 e. The van der Waals surface area contributed by atoms with E-state index in [9.17, 15) is 0 Å². The predicted octanol–water partition coefficient (Wildman–Crippen LogP) is 3.14. The van der Waals surface area contributed by atoms with Crippen LogP contribution in [0.5, 0.6) is 11.5 Å². The lowest BCUT2D eigenvalue weighted by Crippen LogP contribution is -2.17. The number of hydrogen-bond donors (Lipinski definition) is 1. The molecule has 7 heteroatoms. The van der Waals surface area contributed by atoms with Crippen LogP contribution in [0.2, 0.25) is 0 Å². The van der Waals surface area contributed by atoms with Gasteiger partial charge in [0.2, 0.25) is 4.77 Å². The molecular weight excluding hydrogens is 300 g/mol. The molecule has 0 saturated heterocycles. The van der Waals surface area contributed by atoms with Gasteiger partial charge in [-0.1, -0.05) is 20.8 Å². The summed E-state index contributed by atoms with van der Waals surface area (Å²) >= 11 is 5.24. The minimum absolute atomic E-state index is 0.172. The summed E-state index contributed by atoms with van der Waals surface area (Å²) in [5.74, 6) is 2.17. The zero-order valence-corrected chi connectivity index (χ0v) is 14.2. The number of hydrogen-bond acceptors (Lipinski definition) is 5. The van der Waals surface area contributed by atoms with Crippen LogP contribution < -0.4 is 9.47 Å². The maximum absolute atomic E-state index is 5.36. The van der Waals surface area contributed by atoms with Crippen LogP contribution in [-0.2, 0) is 5.41 Å². The van der Waals surface area contributed by atoms with Gasteiger partial charge in [0.25, 0.3) is 0 Å². The number of aromatic amines is 1. The molecule has 0 bridgehead atoms. The molecule has 1 aromatic carbocycles. The summed E-state index contributed by atoms with van der Waals surface area (Å²) in [7, 11) is 3.22. The summed E-state index contributed by atoms with van der Waals surface area (Å²) in [6.07, 6.45) is 1.69. The highest BCUT2D eigenvalue weighted by atomic mass is 32.1. The summed E-state index contributed by atoms with van der Waals surface area (Å²) in [5.41, 5.74) is 0.654. The van der Waals surface area contributed by atoms with E-state index in [1.54, 1.807) is 31.2 Å². The van der Waals surface area contributed by atoms with Gasteiger partial charge in [0, 0.05) is 17.0 Å². The van der Waals surface area contributed by atoms with Gasteiger partial charge in [-0.25, -0.2) is 0 Å². The van der Waals surface area contributed by atoms with Crippen LogP contribution in [0.3, 0.4) is 0 Å². The van der Waals surface area contributed by atoms with E-state index in [1.807, 2.05) is 12.1 Å². The molecule has 0 aliphatic carbocycles. The minimum atomic E-state index is -0.172. The summed E-state index contributed by atoms with van der Waals surface area (Å²) in [4.78, 5) is 0. The number of benzene rings is 1. The molecule has 1 aromatic heterocycles. The van der Waals surface area contributed by atoms with Crippen LogP contribution in [-0.4, -0.2) is 35.3 Å². The lowest BCUT2D eigenvalue weighted by atomic mass is 9.96. The number of H-pyrrole nitrogens is 1. The number of methoxy groups -OCH3 is 2. The quantitative estimate of drug-likeness (QED) is 0.694. The molecular formula is C15H20N4O2S. The number of nitrogens with zero attached hydrogens (tertiary/aromatic N) is 3. The van der Waals surface area contributed by atoms with Crippen molar-refractivity contribution in [3.63, 3.8) is 0 Å². The Morgan fingerprint density at radius 1 is 1.27 bits per heavy atom. The van der Waals surface area contributed by atoms with Crippen molar-refractivity contribution in [2.75, 3.05) is 14.2 Å². The van der Waals surface area contributed by atoms with Crippen molar-refractivity contribution in [2.45, 2.75) is 26.2 Å². The molecule has 118 valence electrons. The summed E-state index contributed by atoms with van der Waals surface area (Å²) < 4.78 is 12.6. The van der Waals surface area contributed by atoms with Crippen LogP contribution in [0.15, 0.2) is 23.3 Å². The molecule has 6 nitrogen and oxygen atoms in total. The first-order chi connectivity index (χ1) is 10.4. The molecule has 22 heavy (non-hydrogen) atoms. The molecule has 1 N–H and O–H groups in total. The second-order valence-electron chi connectivity index (χ2n) is 5.77. The second kappa shape index (κ2) is 6.31. The highest BCUT2D eigenvalue weighted by Gasteiger charge is 2.21. The Labute approximate surface area is 134 Å². The first kappa shape index (κ1) is 16.2. The molecule has 0 aliphatic rings. The van der Waals surface area contributed by atoms with Crippen LogP contribution in [0, 0.1) is 4.77 Å². The van der Waals surface area contributed by atoms with Gasteiger partial charge in [0.1, 0.15) is 11.5 Å². The topological polar surface area (TPSA) is 64.4 Å². The fourth-order valence-electron chi connectivity index (χ4n) is 1.93. The van der Waals surface area contributed by atoms with Gasteiger partial charge in [0.05, 0.1) is 20.4 Å². The molecule has 0 aliphatic heterocycles. The highest BCUT2D eigenvalue weighted by Crippen LogP contribution is 2.24. The Balaban J connectivity index is 2.42. The van der Waals surface area contributed by atoms with E-state index < -0.39 is 0 Å². The molecule has 0 unspecified atom stereocenters. The molecule has 0 atom stereocenters. The van der Waals surface area contributed by atoms with Gasteiger partial charge < -0.3 is 9.47 Å². The third-order valence-corrected chi connectivity index (χ3v) is 3.34. The zero-order chi connectivity index (χ0) is 16.3. The van der Waals surface area contributed by atoms with Crippen LogP contribution in [0.4, 0.5) is 0 Å². The fourth-order valence-corrected chi connectivity index (χ4v) is 2.11. The van der Waals surface area contributed by atoms with Crippen LogP contribution in [0.25, 0.3) is 0 Å². The molecule has 2 aromatic rings. The van der Waals surface area contributed by atoms with Gasteiger partial charge in [-0.2, -0.15) is 14.9 Å². The smallest absolute Gasteiger partial charge is 0.216 e. The van der Waals surface area contributed by atoms with Gasteiger partial charge >= 0.3 is 0 Å². The third kappa shape index (κ3) is 3.36. The maximum Gasteiger partial charge on any atom is 0.216 e. The van der Waals surface area contributed by atoms with Gasteiger partial charge in [-0.3, -0.25) is 5.10 Å². The van der Waals surface area contributed by atoms with E-state index >= 15 is 0 Å². The van der Waals surface area contributed by atoms with Crippen molar-refractivity contribution in [3.05, 3.63) is 34.4 Å². The molecule has 0 radical (unpaired) electrons. The summed E-state index contributed by atoms with van der Waals surface area (Å²) in [5, 5.41) is 11.5. The van der Waals surface area contributed by atoms with E-state index in [4.69, 9.17) is 21.7 Å². The average molecular weight is 320 g/mol. The largest absolute Gasteiger partial charge is 0.497 e. The Morgan fingerprint density at radius 3 is 2.59 bits per heavy atom. The average Bonchev–Trinajstić information content (AvgIpc) is 2.86. The van der Waals surface area contributed by atoms with Crippen molar-refractivity contribution >= 4 is 18.4 Å². The van der Waals surface area contributed by atoms with Gasteiger partial charge in [-0.15, -0.1) is 0 Å². The zero-order valence-electron chi connectivity index (χ0n) is 13.4. The third-order valence-electron chi connectivity index (χ3n) is 3.07. The monoisotopic (exact) mass is 320 g/mol. The van der Waals surface area contributed by atoms with E-state index in [2.05, 4.69) is 36.1 Å². The second-order valence-corrected chi connectivity index (χ2v) is 6.15. The SMILES string of the molecule is COc1ccc(/C=N\n2c(C(C)(C)C)n[nH]c2=S)c(OC)c1. The van der Waals surface area contributed by atoms with E-state index in [0.29, 0.717) is 10.5 Å². The Hall–Kier alpha value is -2.15. The first-order valence-corrected chi connectivity index (χ1v) is 7.22. The lowest BCUT2D eigenvalue weighted by molar-refractivity contribution is 0.394. The Kier molecular flexibility index (Phi) is 4.65. The van der Waals surface area contributed by atoms with Gasteiger partial charge in [0.15, 0.2) is 5.82 Å². The fraction of sp³-hybridized carbons (Fsp3) is 0.400. The van der Waals surface area contributed by atoms with Crippen molar-refractivity contribution in [3.8, 4) is 11.5 Å². The number of rotatable bonds is 4. The van der Waals surface area contributed by atoms with Crippen molar-refractivity contribution in [1.29, 1.82) is 0 Å². The first-order valence-electron chi connectivity index (χ1n) is 6.81. The van der Waals surface area contributed by atoms with E-state index in [0.717, 1.165) is 17.1 Å². The lowest BCUT2D eigenvalue weighted by Gasteiger charge is -2.15. The maximum atomic E-state index is 5.36. The molecule has 0 spiro atoms. The molecule has 1 heterocycles. The predicted molar refractivity (Wildman–Crippen MR) is 88.6 cm³/mol. The molecule has 0 amide bonds. The van der Waals surface area contributed by atoms with Crippen molar-refractivity contribution < 1.29 is 9.47 Å².